The van der Waals surface area contributed by atoms with E-state index in [0.717, 1.165) is 6.07 Å². The molecule has 0 bridgehead atoms. The molecule has 1 aliphatic heterocycles. The number of amides is 2. The molecule has 1 saturated heterocycles. The molecule has 2 N–H and O–H groups in total. The summed E-state index contributed by atoms with van der Waals surface area (Å²) in [7, 11) is -3.28. The van der Waals surface area contributed by atoms with Crippen LogP contribution in [-0.4, -0.2) is 32.5 Å². The molecule has 2 aromatic carbocycles. The second-order valence-corrected chi connectivity index (χ2v) is 8.13. The van der Waals surface area contributed by atoms with Crippen molar-refractivity contribution in [3.63, 3.8) is 0 Å². The van der Waals surface area contributed by atoms with Crippen LogP contribution >= 0.6 is 0 Å². The van der Waals surface area contributed by atoms with E-state index in [2.05, 4.69) is 10.6 Å². The fraction of sp³-hybridized carbons (Fsp3) is 0.222. The Balaban J connectivity index is 1.74. The highest BCUT2D eigenvalue weighted by atomic mass is 32.2. The fourth-order valence-corrected chi connectivity index (χ4v) is 4.36. The van der Waals surface area contributed by atoms with Crippen molar-refractivity contribution in [2.75, 3.05) is 27.2 Å². The van der Waals surface area contributed by atoms with Crippen molar-refractivity contribution in [2.24, 2.45) is 0 Å². The number of hydrogen-bond acceptors (Lipinski definition) is 4. The molecule has 142 valence electrons. The summed E-state index contributed by atoms with van der Waals surface area (Å²) < 4.78 is 38.9. The molecule has 0 aromatic heterocycles. The van der Waals surface area contributed by atoms with E-state index in [1.54, 1.807) is 12.1 Å². The van der Waals surface area contributed by atoms with Crippen LogP contribution in [0.1, 0.15) is 23.7 Å². The van der Waals surface area contributed by atoms with Crippen LogP contribution in [0.5, 0.6) is 0 Å². The first-order chi connectivity index (χ1) is 12.8. The SMILES string of the molecule is CC(=O)Nc1cc(NC(=O)c2ccc(N3CCCS3(=O)=O)cc2)ccc1F. The van der Waals surface area contributed by atoms with Crippen molar-refractivity contribution in [2.45, 2.75) is 13.3 Å². The molecule has 3 rings (SSSR count). The molecule has 0 saturated carbocycles. The number of rotatable bonds is 4. The minimum Gasteiger partial charge on any atom is -0.324 e. The van der Waals surface area contributed by atoms with E-state index in [1.807, 2.05) is 0 Å². The first kappa shape index (κ1) is 18.8. The summed E-state index contributed by atoms with van der Waals surface area (Å²) in [4.78, 5) is 23.5. The van der Waals surface area contributed by atoms with Gasteiger partial charge >= 0.3 is 0 Å². The monoisotopic (exact) mass is 391 g/mol. The lowest BCUT2D eigenvalue weighted by Crippen LogP contribution is -2.25. The van der Waals surface area contributed by atoms with Gasteiger partial charge in [0.25, 0.3) is 5.91 Å². The molecular formula is C18H18FN3O4S. The van der Waals surface area contributed by atoms with Gasteiger partial charge in [0.15, 0.2) is 0 Å². The van der Waals surface area contributed by atoms with Crippen molar-refractivity contribution in [3.8, 4) is 0 Å². The van der Waals surface area contributed by atoms with E-state index in [4.69, 9.17) is 0 Å². The average Bonchev–Trinajstić information content (AvgIpc) is 2.96. The number of hydrogen-bond donors (Lipinski definition) is 2. The smallest absolute Gasteiger partial charge is 0.255 e. The van der Waals surface area contributed by atoms with Crippen LogP contribution in [-0.2, 0) is 14.8 Å². The van der Waals surface area contributed by atoms with Gasteiger partial charge in [-0.15, -0.1) is 0 Å². The third-order valence-electron chi connectivity index (χ3n) is 4.05. The van der Waals surface area contributed by atoms with E-state index < -0.39 is 27.7 Å². The molecule has 1 fully saturated rings. The van der Waals surface area contributed by atoms with E-state index in [0.29, 0.717) is 29.9 Å². The van der Waals surface area contributed by atoms with Crippen LogP contribution < -0.4 is 14.9 Å². The molecule has 1 heterocycles. The molecule has 0 aliphatic carbocycles. The molecule has 0 spiro atoms. The molecule has 2 aromatic rings. The number of benzene rings is 2. The Kier molecular flexibility index (Phi) is 5.13. The first-order valence-corrected chi connectivity index (χ1v) is 9.86. The summed E-state index contributed by atoms with van der Waals surface area (Å²) in [5.41, 5.74) is 1.12. The number of carbonyl (C=O) groups is 2. The summed E-state index contributed by atoms with van der Waals surface area (Å²) in [6.07, 6.45) is 0.575. The highest BCUT2D eigenvalue weighted by molar-refractivity contribution is 7.93. The van der Waals surface area contributed by atoms with Crippen LogP contribution in [0.15, 0.2) is 42.5 Å². The van der Waals surface area contributed by atoms with Gasteiger partial charge in [-0.2, -0.15) is 0 Å². The third-order valence-corrected chi connectivity index (χ3v) is 5.92. The van der Waals surface area contributed by atoms with Crippen LogP contribution in [0.25, 0.3) is 0 Å². The quantitative estimate of drug-likeness (QED) is 0.837. The molecule has 0 atom stereocenters. The topological polar surface area (TPSA) is 95.6 Å². The Hall–Kier alpha value is -2.94. The van der Waals surface area contributed by atoms with Gasteiger partial charge in [0, 0.05) is 24.7 Å². The van der Waals surface area contributed by atoms with E-state index in [-0.39, 0.29) is 11.4 Å². The van der Waals surface area contributed by atoms with Gasteiger partial charge in [0.2, 0.25) is 15.9 Å². The number of carbonyl (C=O) groups excluding carboxylic acids is 2. The number of nitrogens with zero attached hydrogens (tertiary/aromatic N) is 1. The zero-order valence-corrected chi connectivity index (χ0v) is 15.3. The van der Waals surface area contributed by atoms with Crippen molar-refractivity contribution in [3.05, 3.63) is 53.8 Å². The molecular weight excluding hydrogens is 373 g/mol. The average molecular weight is 391 g/mol. The van der Waals surface area contributed by atoms with Crippen LogP contribution in [0.4, 0.5) is 21.5 Å². The largest absolute Gasteiger partial charge is 0.324 e. The van der Waals surface area contributed by atoms with Gasteiger partial charge in [-0.05, 0) is 48.9 Å². The summed E-state index contributed by atoms with van der Waals surface area (Å²) in [6, 6.07) is 10.0. The maximum absolute atomic E-state index is 13.7. The standard InChI is InChI=1S/C18H18FN3O4S/c1-12(23)20-17-11-14(5-8-16(17)19)21-18(24)13-3-6-15(7-4-13)22-9-2-10-27(22,25)26/h3-8,11H,2,9-10H2,1H3,(H,20,23)(H,21,24). The Labute approximate surface area is 156 Å². The summed E-state index contributed by atoms with van der Waals surface area (Å²) in [6.45, 7) is 1.68. The lowest BCUT2D eigenvalue weighted by Gasteiger charge is -2.17. The predicted octanol–water partition coefficient (Wildman–Crippen LogP) is 2.58. The summed E-state index contributed by atoms with van der Waals surface area (Å²) >= 11 is 0. The van der Waals surface area contributed by atoms with Crippen molar-refractivity contribution >= 4 is 38.9 Å². The van der Waals surface area contributed by atoms with E-state index in [1.165, 1.54) is 35.5 Å². The molecule has 1 aliphatic rings. The highest BCUT2D eigenvalue weighted by Crippen LogP contribution is 2.25. The van der Waals surface area contributed by atoms with Gasteiger partial charge in [-0.3, -0.25) is 13.9 Å². The minimum atomic E-state index is -3.28. The maximum atomic E-state index is 13.7. The Morgan fingerprint density at radius 2 is 1.78 bits per heavy atom. The normalized spacial score (nSPS) is 15.4. The second-order valence-electron chi connectivity index (χ2n) is 6.12. The first-order valence-electron chi connectivity index (χ1n) is 8.25. The van der Waals surface area contributed by atoms with Gasteiger partial charge in [0.1, 0.15) is 5.82 Å². The van der Waals surface area contributed by atoms with Gasteiger partial charge in [0.05, 0.1) is 17.1 Å². The number of sulfonamides is 1. The van der Waals surface area contributed by atoms with Crippen molar-refractivity contribution in [1.82, 2.24) is 0 Å². The van der Waals surface area contributed by atoms with Crippen molar-refractivity contribution < 1.29 is 22.4 Å². The molecule has 7 nitrogen and oxygen atoms in total. The third kappa shape index (κ3) is 4.25. The van der Waals surface area contributed by atoms with Crippen LogP contribution in [0.2, 0.25) is 0 Å². The number of halogens is 1. The second kappa shape index (κ2) is 7.36. The summed E-state index contributed by atoms with van der Waals surface area (Å²) in [5, 5.41) is 4.96. The Morgan fingerprint density at radius 1 is 1.07 bits per heavy atom. The lowest BCUT2D eigenvalue weighted by atomic mass is 10.2. The zero-order chi connectivity index (χ0) is 19.6. The van der Waals surface area contributed by atoms with E-state index in [9.17, 15) is 22.4 Å². The molecule has 9 heteroatoms. The van der Waals surface area contributed by atoms with Gasteiger partial charge in [-0.25, -0.2) is 12.8 Å². The van der Waals surface area contributed by atoms with E-state index >= 15 is 0 Å². The zero-order valence-electron chi connectivity index (χ0n) is 14.5. The molecule has 0 radical (unpaired) electrons. The predicted molar refractivity (Wildman–Crippen MR) is 101 cm³/mol. The highest BCUT2D eigenvalue weighted by Gasteiger charge is 2.28. The fourth-order valence-electron chi connectivity index (χ4n) is 2.80. The molecule has 27 heavy (non-hydrogen) atoms. The number of nitrogens with one attached hydrogen (secondary N) is 2. The Morgan fingerprint density at radius 3 is 2.37 bits per heavy atom. The lowest BCUT2D eigenvalue weighted by molar-refractivity contribution is -0.114. The van der Waals surface area contributed by atoms with Gasteiger partial charge in [-0.1, -0.05) is 0 Å². The molecule has 2 amide bonds. The maximum Gasteiger partial charge on any atom is 0.255 e. The molecule has 0 unspecified atom stereocenters. The minimum absolute atomic E-state index is 0.0325. The Bertz CT molecular complexity index is 990. The number of anilines is 3. The van der Waals surface area contributed by atoms with Crippen LogP contribution in [0, 0.1) is 5.82 Å². The summed E-state index contributed by atoms with van der Waals surface area (Å²) in [5.74, 6) is -1.36. The van der Waals surface area contributed by atoms with Crippen LogP contribution in [0.3, 0.4) is 0 Å². The van der Waals surface area contributed by atoms with Crippen molar-refractivity contribution in [1.29, 1.82) is 0 Å². The van der Waals surface area contributed by atoms with Gasteiger partial charge < -0.3 is 10.6 Å².